The molecule has 1 fully saturated rings. The Bertz CT molecular complexity index is 998. The summed E-state index contributed by atoms with van der Waals surface area (Å²) in [5.74, 6) is -0.433. The van der Waals surface area contributed by atoms with E-state index in [0.717, 1.165) is 11.8 Å². The van der Waals surface area contributed by atoms with Gasteiger partial charge in [-0.05, 0) is 35.4 Å². The van der Waals surface area contributed by atoms with Gasteiger partial charge in [0.2, 0.25) is 0 Å². The van der Waals surface area contributed by atoms with Gasteiger partial charge in [-0.15, -0.1) is 13.2 Å². The molecule has 3 rings (SSSR count). The van der Waals surface area contributed by atoms with Gasteiger partial charge in [-0.2, -0.15) is 0 Å². The molecule has 0 atom stereocenters. The molecule has 2 aromatic rings. The fourth-order valence-corrected chi connectivity index (χ4v) is 4.19. The molecular formula is C21H23F3N2O4S. The van der Waals surface area contributed by atoms with Crippen LogP contribution in [0.1, 0.15) is 21.5 Å². The highest BCUT2D eigenvalue weighted by molar-refractivity contribution is 7.89. The number of piperazine rings is 1. The summed E-state index contributed by atoms with van der Waals surface area (Å²) in [6.07, 6.45) is -3.55. The van der Waals surface area contributed by atoms with Crippen LogP contribution >= 0.6 is 0 Å². The number of halogens is 3. The third kappa shape index (κ3) is 7.25. The lowest BCUT2D eigenvalue weighted by molar-refractivity contribution is -0.274. The van der Waals surface area contributed by atoms with Crippen molar-refractivity contribution in [1.82, 2.24) is 9.80 Å². The van der Waals surface area contributed by atoms with Crippen LogP contribution in [0.2, 0.25) is 0 Å². The zero-order valence-corrected chi connectivity index (χ0v) is 17.7. The Morgan fingerprint density at radius 2 is 1.48 bits per heavy atom. The molecule has 1 saturated heterocycles. The van der Waals surface area contributed by atoms with Gasteiger partial charge in [0, 0.05) is 44.5 Å². The highest BCUT2D eigenvalue weighted by atomic mass is 32.2. The number of hydrogen-bond acceptors (Lipinski definition) is 5. The maximum absolute atomic E-state index is 12.7. The number of carbonyl (C=O) groups is 1. The predicted octanol–water partition coefficient (Wildman–Crippen LogP) is 3.09. The summed E-state index contributed by atoms with van der Waals surface area (Å²) in [7, 11) is -3.13. The van der Waals surface area contributed by atoms with Crippen LogP contribution in [-0.4, -0.2) is 62.9 Å². The number of ether oxygens (including phenoxy) is 1. The first-order valence-corrected chi connectivity index (χ1v) is 11.7. The van der Waals surface area contributed by atoms with Crippen LogP contribution in [0.5, 0.6) is 5.75 Å². The van der Waals surface area contributed by atoms with E-state index in [2.05, 4.69) is 9.64 Å². The molecule has 1 amide bonds. The Balaban J connectivity index is 1.50. The maximum atomic E-state index is 12.7. The van der Waals surface area contributed by atoms with Crippen molar-refractivity contribution < 1.29 is 31.1 Å². The topological polar surface area (TPSA) is 66.9 Å². The number of hydrogen-bond donors (Lipinski definition) is 0. The van der Waals surface area contributed by atoms with Gasteiger partial charge in [0.05, 0.1) is 5.75 Å². The van der Waals surface area contributed by atoms with E-state index >= 15 is 0 Å². The van der Waals surface area contributed by atoms with Crippen LogP contribution in [0.15, 0.2) is 48.5 Å². The van der Waals surface area contributed by atoms with Crippen molar-refractivity contribution in [2.45, 2.75) is 18.7 Å². The average Bonchev–Trinajstić information content (AvgIpc) is 2.68. The molecule has 6 nitrogen and oxygen atoms in total. The molecule has 0 radical (unpaired) electrons. The van der Waals surface area contributed by atoms with Crippen molar-refractivity contribution in [3.05, 3.63) is 65.2 Å². The molecule has 10 heteroatoms. The van der Waals surface area contributed by atoms with E-state index in [4.69, 9.17) is 0 Å². The normalized spacial score (nSPS) is 15.7. The van der Waals surface area contributed by atoms with Gasteiger partial charge in [-0.25, -0.2) is 8.42 Å². The monoisotopic (exact) mass is 456 g/mol. The number of alkyl halides is 3. The van der Waals surface area contributed by atoms with Crippen LogP contribution in [0.25, 0.3) is 0 Å². The number of benzene rings is 2. The summed E-state index contributed by atoms with van der Waals surface area (Å²) in [5.41, 5.74) is 2.00. The second kappa shape index (κ2) is 9.27. The highest BCUT2D eigenvalue weighted by Crippen LogP contribution is 2.23. The zero-order chi connectivity index (χ0) is 22.6. The molecule has 0 bridgehead atoms. The Morgan fingerprint density at radius 1 is 0.935 bits per heavy atom. The van der Waals surface area contributed by atoms with E-state index in [9.17, 15) is 26.4 Å². The molecule has 2 aromatic carbocycles. The molecular weight excluding hydrogens is 433 g/mol. The number of carbonyl (C=O) groups excluding carboxylic acids is 1. The third-order valence-electron chi connectivity index (χ3n) is 4.85. The van der Waals surface area contributed by atoms with Crippen molar-refractivity contribution in [1.29, 1.82) is 0 Å². The van der Waals surface area contributed by atoms with Gasteiger partial charge in [-0.1, -0.05) is 24.3 Å². The molecule has 1 heterocycles. The summed E-state index contributed by atoms with van der Waals surface area (Å²) >= 11 is 0. The summed E-state index contributed by atoms with van der Waals surface area (Å²) in [4.78, 5) is 16.6. The average molecular weight is 456 g/mol. The number of nitrogens with zero attached hydrogens (tertiary/aromatic N) is 2. The molecule has 1 aliphatic heterocycles. The largest absolute Gasteiger partial charge is 0.573 e. The number of sulfone groups is 1. The van der Waals surface area contributed by atoms with E-state index < -0.39 is 16.2 Å². The number of amides is 1. The Labute approximate surface area is 179 Å². The van der Waals surface area contributed by atoms with Gasteiger partial charge in [-0.3, -0.25) is 9.69 Å². The van der Waals surface area contributed by atoms with Crippen molar-refractivity contribution >= 4 is 15.7 Å². The lowest BCUT2D eigenvalue weighted by Crippen LogP contribution is -2.48. The van der Waals surface area contributed by atoms with Crippen LogP contribution in [0, 0.1) is 0 Å². The molecule has 0 saturated carbocycles. The van der Waals surface area contributed by atoms with E-state index in [-0.39, 0.29) is 17.4 Å². The predicted molar refractivity (Wildman–Crippen MR) is 109 cm³/mol. The fraction of sp³-hybridized carbons (Fsp3) is 0.381. The summed E-state index contributed by atoms with van der Waals surface area (Å²) in [5, 5.41) is 0. The molecule has 31 heavy (non-hydrogen) atoms. The van der Waals surface area contributed by atoms with E-state index in [1.807, 2.05) is 0 Å². The SMILES string of the molecule is CS(=O)(=O)Cc1ccc(C(=O)N2CCN(Cc3ccc(OC(F)(F)F)cc3)CC2)cc1. The minimum Gasteiger partial charge on any atom is -0.406 e. The van der Waals surface area contributed by atoms with Crippen molar-refractivity contribution in [2.24, 2.45) is 0 Å². The first-order valence-electron chi connectivity index (χ1n) is 9.61. The van der Waals surface area contributed by atoms with Crippen molar-refractivity contribution in [3.8, 4) is 5.75 Å². The first-order chi connectivity index (χ1) is 14.5. The summed E-state index contributed by atoms with van der Waals surface area (Å²) < 4.78 is 63.3. The van der Waals surface area contributed by atoms with Gasteiger partial charge in [0.1, 0.15) is 5.75 Å². The van der Waals surface area contributed by atoms with Gasteiger partial charge < -0.3 is 9.64 Å². The van der Waals surface area contributed by atoms with Gasteiger partial charge in [0.15, 0.2) is 9.84 Å². The second-order valence-corrected chi connectivity index (χ2v) is 9.67. The quantitative estimate of drug-likeness (QED) is 0.669. The molecule has 168 valence electrons. The molecule has 0 unspecified atom stereocenters. The van der Waals surface area contributed by atoms with E-state index in [0.29, 0.717) is 43.9 Å². The summed E-state index contributed by atoms with van der Waals surface area (Å²) in [6, 6.07) is 12.3. The number of rotatable bonds is 6. The smallest absolute Gasteiger partial charge is 0.406 e. The maximum Gasteiger partial charge on any atom is 0.573 e. The Kier molecular flexibility index (Phi) is 6.90. The van der Waals surface area contributed by atoms with Crippen LogP contribution in [0.3, 0.4) is 0 Å². The lowest BCUT2D eigenvalue weighted by atomic mass is 10.1. The van der Waals surface area contributed by atoms with Crippen LogP contribution in [-0.2, 0) is 22.1 Å². The first kappa shape index (κ1) is 23.1. The zero-order valence-electron chi connectivity index (χ0n) is 16.9. The van der Waals surface area contributed by atoms with E-state index in [1.165, 1.54) is 12.1 Å². The highest BCUT2D eigenvalue weighted by Gasteiger charge is 2.31. The Hall–Kier alpha value is -2.59. The third-order valence-corrected chi connectivity index (χ3v) is 5.71. The minimum atomic E-state index is -4.71. The van der Waals surface area contributed by atoms with Crippen LogP contribution in [0.4, 0.5) is 13.2 Å². The van der Waals surface area contributed by atoms with Crippen molar-refractivity contribution in [2.75, 3.05) is 32.4 Å². The second-order valence-electron chi connectivity index (χ2n) is 7.53. The van der Waals surface area contributed by atoms with Crippen LogP contribution < -0.4 is 4.74 Å². The minimum absolute atomic E-state index is 0.0660. The molecule has 0 spiro atoms. The van der Waals surface area contributed by atoms with E-state index in [1.54, 1.807) is 41.3 Å². The van der Waals surface area contributed by atoms with Gasteiger partial charge in [0.25, 0.3) is 5.91 Å². The van der Waals surface area contributed by atoms with Crippen molar-refractivity contribution in [3.63, 3.8) is 0 Å². The molecule has 0 N–H and O–H groups in total. The lowest BCUT2D eigenvalue weighted by Gasteiger charge is -2.34. The fourth-order valence-electron chi connectivity index (χ4n) is 3.39. The molecule has 0 aliphatic carbocycles. The Morgan fingerprint density at radius 3 is 2.00 bits per heavy atom. The summed E-state index contributed by atoms with van der Waals surface area (Å²) in [6.45, 7) is 2.89. The molecule has 0 aromatic heterocycles. The standard InChI is InChI=1S/C21H23F3N2O4S/c1-31(28,29)15-17-2-6-18(7-3-17)20(27)26-12-10-25(11-13-26)14-16-4-8-19(9-5-16)30-21(22,23)24/h2-9H,10-15H2,1H3. The molecule has 1 aliphatic rings. The van der Waals surface area contributed by atoms with Gasteiger partial charge >= 0.3 is 6.36 Å².